The highest BCUT2D eigenvalue weighted by Crippen LogP contribution is 2.36. The van der Waals surface area contributed by atoms with Crippen molar-refractivity contribution in [3.63, 3.8) is 0 Å². The van der Waals surface area contributed by atoms with Crippen LogP contribution < -0.4 is 10.9 Å². The molecule has 1 aromatic carbocycles. The number of anilines is 1. The van der Waals surface area contributed by atoms with Crippen molar-refractivity contribution in [1.29, 1.82) is 0 Å². The van der Waals surface area contributed by atoms with Crippen LogP contribution in [0.3, 0.4) is 0 Å². The number of carbonyl (C=O) groups excluding carboxylic acids is 1. The molecule has 45 heavy (non-hydrogen) atoms. The number of hydrogen-bond acceptors (Lipinski definition) is 7. The molecule has 1 aliphatic rings. The summed E-state index contributed by atoms with van der Waals surface area (Å²) < 4.78 is 10.9. The maximum Gasteiger partial charge on any atom is 0.410 e. The molecule has 0 spiro atoms. The minimum absolute atomic E-state index is 0.0906. The fourth-order valence-electron chi connectivity index (χ4n) is 6.16. The minimum atomic E-state index is -0.536. The maximum atomic E-state index is 13.7. The van der Waals surface area contributed by atoms with Gasteiger partial charge in [-0.1, -0.05) is 17.7 Å². The molecule has 1 amide bonds. The molecule has 1 saturated heterocycles. The van der Waals surface area contributed by atoms with Crippen LogP contribution in [0.2, 0.25) is 5.15 Å². The number of nitrogens with zero attached hydrogens (tertiary/aromatic N) is 7. The molecule has 5 aromatic rings. The predicted molar refractivity (Wildman–Crippen MR) is 177 cm³/mol. The van der Waals surface area contributed by atoms with E-state index in [4.69, 9.17) is 21.4 Å². The fourth-order valence-corrected chi connectivity index (χ4v) is 6.31. The lowest BCUT2D eigenvalue weighted by Crippen LogP contribution is -2.42. The number of piperidine rings is 1. The van der Waals surface area contributed by atoms with Gasteiger partial charge in [0.15, 0.2) is 5.65 Å². The number of likely N-dealkylation sites (tertiary alicyclic amines) is 1. The third-order valence-electron chi connectivity index (χ3n) is 8.32. The van der Waals surface area contributed by atoms with Crippen molar-refractivity contribution in [3.05, 3.63) is 69.5 Å². The molecule has 236 valence electrons. The smallest absolute Gasteiger partial charge is 0.410 e. The SMILES string of the molecule is Cc1cc(C(C)Nc2ccc(Cl)nc2-c2cnn(C)c2)c2c(c1)c(=O)n(C)c1nn(C3CCN(C(=O)OC(C)(C)C)CC3)cc21. The van der Waals surface area contributed by atoms with E-state index in [2.05, 4.69) is 34.6 Å². The standard InChI is InChI=1S/C33H39ClN8O3/c1-19-14-23(20(2)36-26-8-9-27(34)37-29(26)21-16-35-39(6)17-21)28-24(15-19)31(43)40(7)30-25(28)18-42(38-30)22-10-12-41(13-11-22)32(44)45-33(3,4)5/h8-9,14-18,20,22,36H,10-13H2,1-7H3. The summed E-state index contributed by atoms with van der Waals surface area (Å²) >= 11 is 6.30. The number of ether oxygens (including phenoxy) is 1. The zero-order chi connectivity index (χ0) is 32.2. The number of fused-ring (bicyclic) bond motifs is 3. The molecular formula is C33H39ClN8O3. The molecule has 1 fully saturated rings. The van der Waals surface area contributed by atoms with Gasteiger partial charge in [-0.3, -0.25) is 18.7 Å². The first-order valence-electron chi connectivity index (χ1n) is 15.2. The summed E-state index contributed by atoms with van der Waals surface area (Å²) in [6.45, 7) is 10.9. The van der Waals surface area contributed by atoms with Crippen LogP contribution in [-0.4, -0.2) is 58.8 Å². The van der Waals surface area contributed by atoms with Crippen LogP contribution in [0.4, 0.5) is 10.5 Å². The summed E-state index contributed by atoms with van der Waals surface area (Å²) in [5.74, 6) is 0. The molecule has 5 heterocycles. The van der Waals surface area contributed by atoms with Gasteiger partial charge >= 0.3 is 6.09 Å². The molecule has 12 heteroatoms. The summed E-state index contributed by atoms with van der Waals surface area (Å²) in [5, 5.41) is 15.7. The Bertz CT molecular complexity index is 1980. The summed E-state index contributed by atoms with van der Waals surface area (Å²) in [6.07, 6.45) is 6.91. The number of hydrogen-bond donors (Lipinski definition) is 1. The minimum Gasteiger partial charge on any atom is -0.444 e. The van der Waals surface area contributed by atoms with Crippen molar-refractivity contribution in [2.75, 3.05) is 18.4 Å². The Morgan fingerprint density at radius 3 is 2.51 bits per heavy atom. The highest BCUT2D eigenvalue weighted by Gasteiger charge is 2.29. The van der Waals surface area contributed by atoms with Gasteiger partial charge in [-0.05, 0) is 76.8 Å². The number of nitrogens with one attached hydrogen (secondary N) is 1. The Labute approximate surface area is 266 Å². The number of pyridine rings is 2. The van der Waals surface area contributed by atoms with Crippen LogP contribution >= 0.6 is 11.6 Å². The highest BCUT2D eigenvalue weighted by atomic mass is 35.5. The number of halogens is 1. The first-order valence-corrected chi connectivity index (χ1v) is 15.6. The van der Waals surface area contributed by atoms with Crippen LogP contribution in [0.5, 0.6) is 0 Å². The second-order valence-electron chi connectivity index (χ2n) is 13.0. The Balaban J connectivity index is 1.38. The number of rotatable bonds is 5. The second kappa shape index (κ2) is 11.5. The molecule has 1 N–H and O–H groups in total. The van der Waals surface area contributed by atoms with Crippen molar-refractivity contribution in [2.24, 2.45) is 14.1 Å². The van der Waals surface area contributed by atoms with Crippen LogP contribution in [0.1, 0.15) is 63.7 Å². The number of amides is 1. The van der Waals surface area contributed by atoms with Crippen molar-refractivity contribution in [2.45, 2.75) is 65.1 Å². The molecule has 1 unspecified atom stereocenters. The van der Waals surface area contributed by atoms with Gasteiger partial charge in [0.2, 0.25) is 0 Å². The van der Waals surface area contributed by atoms with Gasteiger partial charge in [-0.25, -0.2) is 9.78 Å². The van der Waals surface area contributed by atoms with Gasteiger partial charge < -0.3 is 15.0 Å². The average molecular weight is 631 g/mol. The van der Waals surface area contributed by atoms with E-state index in [9.17, 15) is 9.59 Å². The highest BCUT2D eigenvalue weighted by molar-refractivity contribution is 6.29. The third-order valence-corrected chi connectivity index (χ3v) is 8.53. The van der Waals surface area contributed by atoms with Crippen molar-refractivity contribution < 1.29 is 9.53 Å². The van der Waals surface area contributed by atoms with E-state index in [1.54, 1.807) is 33.5 Å². The number of benzene rings is 1. The van der Waals surface area contributed by atoms with E-state index in [0.717, 1.165) is 46.0 Å². The first-order chi connectivity index (χ1) is 21.3. The monoisotopic (exact) mass is 630 g/mol. The van der Waals surface area contributed by atoms with Crippen LogP contribution in [0, 0.1) is 6.92 Å². The van der Waals surface area contributed by atoms with Crippen LogP contribution in [0.15, 0.2) is 47.7 Å². The maximum absolute atomic E-state index is 13.7. The average Bonchev–Trinajstić information content (AvgIpc) is 3.62. The molecular weight excluding hydrogens is 592 g/mol. The Kier molecular flexibility index (Phi) is 7.84. The summed E-state index contributed by atoms with van der Waals surface area (Å²) in [4.78, 5) is 32.7. The summed E-state index contributed by atoms with van der Waals surface area (Å²) in [5.41, 5.74) is 4.33. The Morgan fingerprint density at radius 2 is 1.84 bits per heavy atom. The van der Waals surface area contributed by atoms with E-state index in [0.29, 0.717) is 35.0 Å². The molecule has 1 aliphatic heterocycles. The zero-order valence-corrected chi connectivity index (χ0v) is 27.5. The van der Waals surface area contributed by atoms with Gasteiger partial charge in [0, 0.05) is 67.3 Å². The quantitative estimate of drug-likeness (QED) is 0.224. The third kappa shape index (κ3) is 6.01. The van der Waals surface area contributed by atoms with E-state index in [-0.39, 0.29) is 23.7 Å². The van der Waals surface area contributed by atoms with E-state index in [1.807, 2.05) is 57.8 Å². The summed E-state index contributed by atoms with van der Waals surface area (Å²) in [6, 6.07) is 7.66. The zero-order valence-electron chi connectivity index (χ0n) is 26.8. The lowest BCUT2D eigenvalue weighted by molar-refractivity contribution is 0.0185. The molecule has 11 nitrogen and oxygen atoms in total. The van der Waals surface area contributed by atoms with E-state index in [1.165, 1.54) is 0 Å². The van der Waals surface area contributed by atoms with Gasteiger partial charge in [0.05, 0.1) is 23.6 Å². The van der Waals surface area contributed by atoms with Crippen molar-refractivity contribution in [1.82, 2.24) is 34.0 Å². The number of aromatic nitrogens is 6. The van der Waals surface area contributed by atoms with E-state index >= 15 is 0 Å². The van der Waals surface area contributed by atoms with E-state index < -0.39 is 5.60 Å². The molecule has 1 atom stereocenters. The molecule has 0 bridgehead atoms. The number of carbonyl (C=O) groups is 1. The Morgan fingerprint density at radius 1 is 1.11 bits per heavy atom. The van der Waals surface area contributed by atoms with Gasteiger partial charge in [0.25, 0.3) is 5.56 Å². The molecule has 4 aromatic heterocycles. The summed E-state index contributed by atoms with van der Waals surface area (Å²) in [7, 11) is 3.63. The molecule has 0 saturated carbocycles. The largest absolute Gasteiger partial charge is 0.444 e. The number of aryl methyl sites for hydroxylation is 3. The van der Waals surface area contributed by atoms with Gasteiger partial charge in [0.1, 0.15) is 10.8 Å². The first kappa shape index (κ1) is 30.6. The van der Waals surface area contributed by atoms with Gasteiger partial charge in [-0.2, -0.15) is 10.2 Å². The predicted octanol–water partition coefficient (Wildman–Crippen LogP) is 6.39. The van der Waals surface area contributed by atoms with Crippen LogP contribution in [0.25, 0.3) is 33.1 Å². The van der Waals surface area contributed by atoms with Crippen molar-refractivity contribution in [3.8, 4) is 11.3 Å². The van der Waals surface area contributed by atoms with Crippen LogP contribution in [-0.2, 0) is 18.8 Å². The Hall–Kier alpha value is -4.38. The lowest BCUT2D eigenvalue weighted by Gasteiger charge is -2.33. The topological polar surface area (TPSA) is 112 Å². The second-order valence-corrected chi connectivity index (χ2v) is 13.4. The lowest BCUT2D eigenvalue weighted by atomic mass is 9.95. The van der Waals surface area contributed by atoms with Gasteiger partial charge in [-0.15, -0.1) is 0 Å². The molecule has 0 aliphatic carbocycles. The van der Waals surface area contributed by atoms with Crippen molar-refractivity contribution >= 4 is 45.2 Å². The normalized spacial score (nSPS) is 15.2. The molecule has 6 rings (SSSR count). The molecule has 0 radical (unpaired) electrons. The fraction of sp³-hybridized carbons (Fsp3) is 0.424.